The van der Waals surface area contributed by atoms with Gasteiger partial charge < -0.3 is 11.1 Å². The lowest BCUT2D eigenvalue weighted by Crippen LogP contribution is -2.38. The molecule has 0 aliphatic carbocycles. The van der Waals surface area contributed by atoms with Gasteiger partial charge in [0.25, 0.3) is 0 Å². The van der Waals surface area contributed by atoms with E-state index in [9.17, 15) is 13.6 Å². The molecular weight excluding hydrogens is 202 g/mol. The highest BCUT2D eigenvalue weighted by molar-refractivity contribution is 5.79. The van der Waals surface area contributed by atoms with Crippen molar-refractivity contribution < 1.29 is 13.6 Å². The van der Waals surface area contributed by atoms with Gasteiger partial charge in [-0.1, -0.05) is 6.07 Å². The van der Waals surface area contributed by atoms with Gasteiger partial charge in [0.05, 0.1) is 6.04 Å². The molecule has 0 aliphatic heterocycles. The first-order valence-electron chi connectivity index (χ1n) is 4.48. The maximum atomic E-state index is 13.1. The fourth-order valence-corrected chi connectivity index (χ4v) is 1.06. The van der Waals surface area contributed by atoms with E-state index in [1.165, 1.54) is 13.0 Å². The Bertz CT molecular complexity index is 348. The topological polar surface area (TPSA) is 55.1 Å². The average Bonchev–Trinajstić information content (AvgIpc) is 2.16. The van der Waals surface area contributed by atoms with Crippen LogP contribution in [0.4, 0.5) is 8.78 Å². The quantitative estimate of drug-likeness (QED) is 0.783. The zero-order chi connectivity index (χ0) is 11.4. The van der Waals surface area contributed by atoms with Crippen molar-refractivity contribution in [2.24, 2.45) is 5.73 Å². The van der Waals surface area contributed by atoms with Gasteiger partial charge in [-0.25, -0.2) is 8.78 Å². The largest absolute Gasteiger partial charge is 0.368 e. The molecule has 0 radical (unpaired) electrons. The Kier molecular flexibility index (Phi) is 3.74. The van der Waals surface area contributed by atoms with Crippen LogP contribution in [0.1, 0.15) is 12.5 Å². The van der Waals surface area contributed by atoms with Crippen LogP contribution in [-0.4, -0.2) is 11.9 Å². The lowest BCUT2D eigenvalue weighted by atomic mass is 10.2. The van der Waals surface area contributed by atoms with Gasteiger partial charge in [-0.2, -0.15) is 0 Å². The van der Waals surface area contributed by atoms with Gasteiger partial charge in [-0.05, 0) is 19.1 Å². The van der Waals surface area contributed by atoms with Crippen molar-refractivity contribution in [3.63, 3.8) is 0 Å². The summed E-state index contributed by atoms with van der Waals surface area (Å²) in [6, 6.07) is 2.99. The van der Waals surface area contributed by atoms with E-state index >= 15 is 0 Å². The van der Waals surface area contributed by atoms with Crippen molar-refractivity contribution >= 4 is 5.91 Å². The van der Waals surface area contributed by atoms with Crippen LogP contribution >= 0.6 is 0 Å². The second-order valence-electron chi connectivity index (χ2n) is 3.21. The highest BCUT2D eigenvalue weighted by Gasteiger charge is 2.11. The van der Waals surface area contributed by atoms with Gasteiger partial charge >= 0.3 is 0 Å². The monoisotopic (exact) mass is 214 g/mol. The average molecular weight is 214 g/mol. The number of hydrogen-bond acceptors (Lipinski definition) is 2. The number of carbonyl (C=O) groups excluding carboxylic acids is 1. The Labute approximate surface area is 86.3 Å². The number of primary amides is 1. The first-order chi connectivity index (χ1) is 7.02. The van der Waals surface area contributed by atoms with Gasteiger partial charge in [0, 0.05) is 12.1 Å². The summed E-state index contributed by atoms with van der Waals surface area (Å²) < 4.78 is 26.2. The minimum atomic E-state index is -0.640. The molecule has 1 aromatic rings. The zero-order valence-electron chi connectivity index (χ0n) is 8.26. The number of carbonyl (C=O) groups is 1. The summed E-state index contributed by atoms with van der Waals surface area (Å²) in [5, 5.41) is 2.63. The van der Waals surface area contributed by atoms with Crippen molar-refractivity contribution in [1.82, 2.24) is 5.32 Å². The molecule has 0 saturated heterocycles. The molecule has 1 unspecified atom stereocenters. The molecule has 1 rings (SSSR count). The maximum Gasteiger partial charge on any atom is 0.234 e. The molecule has 1 aromatic carbocycles. The molecule has 82 valence electrons. The molecule has 0 spiro atoms. The van der Waals surface area contributed by atoms with Crippen molar-refractivity contribution in [1.29, 1.82) is 0 Å². The van der Waals surface area contributed by atoms with Gasteiger partial charge in [-0.3, -0.25) is 4.79 Å². The van der Waals surface area contributed by atoms with Crippen LogP contribution in [0.5, 0.6) is 0 Å². The smallest absolute Gasteiger partial charge is 0.234 e. The number of benzene rings is 1. The number of hydrogen-bond donors (Lipinski definition) is 2. The van der Waals surface area contributed by atoms with Crippen LogP contribution in [0.2, 0.25) is 0 Å². The minimum absolute atomic E-state index is 0.0669. The van der Waals surface area contributed by atoms with Gasteiger partial charge in [0.1, 0.15) is 11.6 Å². The van der Waals surface area contributed by atoms with Crippen molar-refractivity contribution in [3.05, 3.63) is 35.4 Å². The number of rotatable bonds is 4. The third kappa shape index (κ3) is 2.99. The van der Waals surface area contributed by atoms with Crippen LogP contribution in [0.25, 0.3) is 0 Å². The van der Waals surface area contributed by atoms with E-state index in [-0.39, 0.29) is 12.1 Å². The Morgan fingerprint density at radius 1 is 1.47 bits per heavy atom. The summed E-state index contributed by atoms with van der Waals surface area (Å²) in [7, 11) is 0. The summed E-state index contributed by atoms with van der Waals surface area (Å²) in [5.41, 5.74) is 4.90. The fraction of sp³-hybridized carbons (Fsp3) is 0.300. The first kappa shape index (κ1) is 11.6. The Morgan fingerprint density at radius 3 is 2.47 bits per heavy atom. The molecule has 3 nitrogen and oxygen atoms in total. The van der Waals surface area contributed by atoms with Crippen molar-refractivity contribution in [2.75, 3.05) is 0 Å². The van der Waals surface area contributed by atoms with E-state index in [0.29, 0.717) is 0 Å². The summed E-state index contributed by atoms with van der Waals surface area (Å²) in [6.45, 7) is 1.46. The number of amides is 1. The lowest BCUT2D eigenvalue weighted by molar-refractivity contribution is -0.119. The highest BCUT2D eigenvalue weighted by Crippen LogP contribution is 2.11. The van der Waals surface area contributed by atoms with Gasteiger partial charge in [0.15, 0.2) is 0 Å². The molecule has 0 saturated carbocycles. The Hall–Kier alpha value is -1.49. The van der Waals surface area contributed by atoms with E-state index < -0.39 is 23.6 Å². The van der Waals surface area contributed by atoms with Crippen LogP contribution in [0, 0.1) is 11.6 Å². The van der Waals surface area contributed by atoms with Crippen LogP contribution in [0.15, 0.2) is 18.2 Å². The third-order valence-electron chi connectivity index (χ3n) is 2.07. The van der Waals surface area contributed by atoms with Crippen LogP contribution < -0.4 is 11.1 Å². The van der Waals surface area contributed by atoms with E-state index in [0.717, 1.165) is 12.1 Å². The lowest BCUT2D eigenvalue weighted by Gasteiger charge is -2.10. The summed E-state index contributed by atoms with van der Waals surface area (Å²) in [5.74, 6) is -1.84. The number of nitrogens with one attached hydrogen (secondary N) is 1. The molecule has 3 N–H and O–H groups in total. The SMILES string of the molecule is CC(NCc1c(F)cccc1F)C(N)=O. The second-order valence-corrected chi connectivity index (χ2v) is 3.21. The van der Waals surface area contributed by atoms with E-state index in [1.807, 2.05) is 0 Å². The zero-order valence-corrected chi connectivity index (χ0v) is 8.26. The van der Waals surface area contributed by atoms with E-state index in [4.69, 9.17) is 5.73 Å². The Morgan fingerprint density at radius 2 is 2.00 bits per heavy atom. The Balaban J connectivity index is 2.69. The molecule has 0 aromatic heterocycles. The minimum Gasteiger partial charge on any atom is -0.368 e. The standard InChI is InChI=1S/C10H12F2N2O/c1-6(10(13)15)14-5-7-8(11)3-2-4-9(7)12/h2-4,6,14H,5H2,1H3,(H2,13,15). The predicted octanol–water partition coefficient (Wildman–Crippen LogP) is 0.928. The first-order valence-corrected chi connectivity index (χ1v) is 4.48. The van der Waals surface area contributed by atoms with Crippen molar-refractivity contribution in [2.45, 2.75) is 19.5 Å². The van der Waals surface area contributed by atoms with Crippen LogP contribution in [0.3, 0.4) is 0 Å². The van der Waals surface area contributed by atoms with E-state index in [1.54, 1.807) is 0 Å². The number of halogens is 2. The molecule has 5 heteroatoms. The maximum absolute atomic E-state index is 13.1. The molecule has 15 heavy (non-hydrogen) atoms. The third-order valence-corrected chi connectivity index (χ3v) is 2.07. The molecule has 0 heterocycles. The van der Waals surface area contributed by atoms with E-state index in [2.05, 4.69) is 5.32 Å². The molecule has 0 aliphatic rings. The fourth-order valence-electron chi connectivity index (χ4n) is 1.06. The molecule has 1 amide bonds. The predicted molar refractivity (Wildman–Crippen MR) is 51.9 cm³/mol. The molecule has 0 fully saturated rings. The highest BCUT2D eigenvalue weighted by atomic mass is 19.1. The molecular formula is C10H12F2N2O. The summed E-state index contributed by atoms with van der Waals surface area (Å²) >= 11 is 0. The molecule has 1 atom stereocenters. The summed E-state index contributed by atoms with van der Waals surface area (Å²) in [4.78, 5) is 10.7. The van der Waals surface area contributed by atoms with Gasteiger partial charge in [-0.15, -0.1) is 0 Å². The van der Waals surface area contributed by atoms with Gasteiger partial charge in [0.2, 0.25) is 5.91 Å². The normalized spacial score (nSPS) is 12.5. The molecule has 0 bridgehead atoms. The summed E-state index contributed by atoms with van der Waals surface area (Å²) in [6.07, 6.45) is 0. The van der Waals surface area contributed by atoms with Crippen LogP contribution in [-0.2, 0) is 11.3 Å². The van der Waals surface area contributed by atoms with Crippen molar-refractivity contribution in [3.8, 4) is 0 Å². The number of nitrogens with two attached hydrogens (primary N) is 1. The second kappa shape index (κ2) is 4.84.